The molecule has 1 amide bonds. The summed E-state index contributed by atoms with van der Waals surface area (Å²) < 4.78 is 17.7. The summed E-state index contributed by atoms with van der Waals surface area (Å²) in [6.07, 6.45) is 2.15. The Morgan fingerprint density at radius 2 is 1.77 bits per heavy atom. The number of aromatic nitrogens is 2. The second-order valence-electron chi connectivity index (χ2n) is 6.53. The second kappa shape index (κ2) is 8.46. The van der Waals surface area contributed by atoms with Crippen LogP contribution in [-0.2, 0) is 11.2 Å². The van der Waals surface area contributed by atoms with E-state index in [1.807, 2.05) is 40.2 Å². The van der Waals surface area contributed by atoms with E-state index < -0.39 is 0 Å². The molecular formula is C22H21N3O4S. The lowest BCUT2D eigenvalue weighted by molar-refractivity contribution is -0.115. The summed E-state index contributed by atoms with van der Waals surface area (Å²) in [5, 5.41) is 4.85. The van der Waals surface area contributed by atoms with Crippen LogP contribution in [0, 0.1) is 0 Å². The molecule has 2 aromatic carbocycles. The van der Waals surface area contributed by atoms with Crippen LogP contribution in [-0.4, -0.2) is 36.6 Å². The van der Waals surface area contributed by atoms with Crippen molar-refractivity contribution in [1.29, 1.82) is 0 Å². The fourth-order valence-corrected chi connectivity index (χ4v) is 4.00. The minimum absolute atomic E-state index is 0.152. The number of amides is 1. The lowest BCUT2D eigenvalue weighted by atomic mass is 10.2. The highest BCUT2D eigenvalue weighted by atomic mass is 32.1. The summed E-state index contributed by atoms with van der Waals surface area (Å²) in [6, 6.07) is 13.0. The molecule has 0 radical (unpaired) electrons. The second-order valence-corrected chi connectivity index (χ2v) is 7.36. The molecule has 0 unspecified atom stereocenters. The summed E-state index contributed by atoms with van der Waals surface area (Å²) >= 11 is 1.50. The maximum Gasteiger partial charge on any atom is 0.230 e. The van der Waals surface area contributed by atoms with Crippen LogP contribution in [0.4, 0.5) is 5.69 Å². The van der Waals surface area contributed by atoms with Crippen molar-refractivity contribution in [3.63, 3.8) is 0 Å². The number of ether oxygens (including phenoxy) is 3. The summed E-state index contributed by atoms with van der Waals surface area (Å²) in [5.74, 6) is 1.86. The van der Waals surface area contributed by atoms with Crippen LogP contribution >= 0.6 is 11.3 Å². The number of thiazole rings is 1. The number of fused-ring (bicyclic) bond motifs is 1. The number of nitrogens with zero attached hydrogens (tertiary/aromatic N) is 2. The number of carbonyl (C=O) groups excluding carboxylic acids is 1. The third-order valence-corrected chi connectivity index (χ3v) is 5.58. The molecule has 8 heteroatoms. The van der Waals surface area contributed by atoms with Gasteiger partial charge in [0.05, 0.1) is 39.1 Å². The third kappa shape index (κ3) is 3.95. The van der Waals surface area contributed by atoms with E-state index in [2.05, 4.69) is 10.3 Å². The van der Waals surface area contributed by atoms with Gasteiger partial charge in [0.2, 0.25) is 5.91 Å². The molecule has 2 heterocycles. The molecule has 0 saturated carbocycles. The van der Waals surface area contributed by atoms with Crippen LogP contribution in [0.3, 0.4) is 0 Å². The zero-order chi connectivity index (χ0) is 21.1. The topological polar surface area (TPSA) is 74.1 Å². The van der Waals surface area contributed by atoms with Crippen molar-refractivity contribution in [3.05, 3.63) is 59.7 Å². The molecule has 2 aromatic heterocycles. The van der Waals surface area contributed by atoms with Crippen molar-refractivity contribution < 1.29 is 19.0 Å². The van der Waals surface area contributed by atoms with Gasteiger partial charge in [0.15, 0.2) is 4.96 Å². The normalized spacial score (nSPS) is 10.8. The minimum Gasteiger partial charge on any atom is -0.497 e. The maximum absolute atomic E-state index is 12.7. The van der Waals surface area contributed by atoms with Gasteiger partial charge in [-0.15, -0.1) is 11.3 Å². The van der Waals surface area contributed by atoms with Crippen LogP contribution in [0.1, 0.15) is 5.69 Å². The standard InChI is InChI=1S/C22H21N3O4S/c1-27-16-6-4-14(5-7-16)19-12-25-15(13-30-22(25)24-19)10-21(26)23-18-11-17(28-2)8-9-20(18)29-3/h4-9,11-13H,10H2,1-3H3,(H,23,26). The van der Waals surface area contributed by atoms with E-state index in [-0.39, 0.29) is 12.3 Å². The van der Waals surface area contributed by atoms with Gasteiger partial charge < -0.3 is 19.5 Å². The van der Waals surface area contributed by atoms with E-state index in [4.69, 9.17) is 14.2 Å². The molecule has 0 fully saturated rings. The van der Waals surface area contributed by atoms with Crippen molar-refractivity contribution in [3.8, 4) is 28.5 Å². The predicted molar refractivity (Wildman–Crippen MR) is 117 cm³/mol. The van der Waals surface area contributed by atoms with Crippen LogP contribution in [0.25, 0.3) is 16.2 Å². The van der Waals surface area contributed by atoms with Gasteiger partial charge in [0.25, 0.3) is 0 Å². The number of benzene rings is 2. The Bertz CT molecular complexity index is 1180. The average Bonchev–Trinajstić information content (AvgIpc) is 3.35. The minimum atomic E-state index is -0.152. The molecule has 4 aromatic rings. The first-order valence-corrected chi connectivity index (χ1v) is 10.1. The fraction of sp³-hybridized carbons (Fsp3) is 0.182. The van der Waals surface area contributed by atoms with Gasteiger partial charge in [0.1, 0.15) is 17.2 Å². The molecule has 0 aliphatic carbocycles. The van der Waals surface area contributed by atoms with E-state index in [0.29, 0.717) is 17.2 Å². The molecule has 0 saturated heterocycles. The maximum atomic E-state index is 12.7. The van der Waals surface area contributed by atoms with Crippen LogP contribution in [0.5, 0.6) is 17.2 Å². The number of hydrogen-bond donors (Lipinski definition) is 1. The Balaban J connectivity index is 1.54. The fourth-order valence-electron chi connectivity index (χ4n) is 3.13. The monoisotopic (exact) mass is 423 g/mol. The lowest BCUT2D eigenvalue weighted by Crippen LogP contribution is -2.16. The van der Waals surface area contributed by atoms with E-state index in [9.17, 15) is 4.79 Å². The SMILES string of the molecule is COc1ccc(-c2cn3c(CC(=O)Nc4cc(OC)ccc4OC)csc3n2)cc1. The smallest absolute Gasteiger partial charge is 0.230 e. The number of imidazole rings is 1. The number of methoxy groups -OCH3 is 3. The van der Waals surface area contributed by atoms with Crippen molar-refractivity contribution >= 4 is 27.9 Å². The summed E-state index contributed by atoms with van der Waals surface area (Å²) in [5.41, 5.74) is 3.27. The predicted octanol–water partition coefficient (Wildman–Crippen LogP) is 4.27. The molecule has 1 N–H and O–H groups in total. The third-order valence-electron chi connectivity index (χ3n) is 4.69. The van der Waals surface area contributed by atoms with Gasteiger partial charge in [0, 0.05) is 28.9 Å². The van der Waals surface area contributed by atoms with E-state index in [1.165, 1.54) is 11.3 Å². The number of anilines is 1. The van der Waals surface area contributed by atoms with Crippen LogP contribution < -0.4 is 19.5 Å². The van der Waals surface area contributed by atoms with E-state index >= 15 is 0 Å². The van der Waals surface area contributed by atoms with Crippen molar-refractivity contribution in [2.75, 3.05) is 26.6 Å². The Morgan fingerprint density at radius 1 is 1.03 bits per heavy atom. The van der Waals surface area contributed by atoms with Crippen LogP contribution in [0.15, 0.2) is 54.0 Å². The zero-order valence-electron chi connectivity index (χ0n) is 16.8. The van der Waals surface area contributed by atoms with Crippen molar-refractivity contribution in [2.24, 2.45) is 0 Å². The van der Waals surface area contributed by atoms with Gasteiger partial charge in [-0.1, -0.05) is 0 Å². The molecular weight excluding hydrogens is 402 g/mol. The summed E-state index contributed by atoms with van der Waals surface area (Å²) in [7, 11) is 4.78. The highest BCUT2D eigenvalue weighted by Crippen LogP contribution is 2.29. The molecule has 0 aliphatic heterocycles. The zero-order valence-corrected chi connectivity index (χ0v) is 17.7. The van der Waals surface area contributed by atoms with Crippen LogP contribution in [0.2, 0.25) is 0 Å². The number of rotatable bonds is 7. The van der Waals surface area contributed by atoms with E-state index in [1.54, 1.807) is 39.5 Å². The van der Waals surface area contributed by atoms with Crippen molar-refractivity contribution in [1.82, 2.24) is 9.38 Å². The quantitative estimate of drug-likeness (QED) is 0.481. The van der Waals surface area contributed by atoms with Gasteiger partial charge in [-0.05, 0) is 36.4 Å². The van der Waals surface area contributed by atoms with Gasteiger partial charge >= 0.3 is 0 Å². The largest absolute Gasteiger partial charge is 0.497 e. The summed E-state index contributed by atoms with van der Waals surface area (Å²) in [4.78, 5) is 18.2. The highest BCUT2D eigenvalue weighted by molar-refractivity contribution is 7.15. The average molecular weight is 423 g/mol. The molecule has 0 aliphatic rings. The first-order valence-electron chi connectivity index (χ1n) is 9.23. The Labute approximate surface area is 177 Å². The highest BCUT2D eigenvalue weighted by Gasteiger charge is 2.14. The first-order chi connectivity index (χ1) is 14.6. The first kappa shape index (κ1) is 19.8. The molecule has 7 nitrogen and oxygen atoms in total. The van der Waals surface area contributed by atoms with Crippen molar-refractivity contribution in [2.45, 2.75) is 6.42 Å². The molecule has 30 heavy (non-hydrogen) atoms. The molecule has 0 spiro atoms. The van der Waals surface area contributed by atoms with Gasteiger partial charge in [-0.2, -0.15) is 0 Å². The lowest BCUT2D eigenvalue weighted by Gasteiger charge is -2.11. The Morgan fingerprint density at radius 3 is 2.47 bits per heavy atom. The number of nitrogens with one attached hydrogen (secondary N) is 1. The molecule has 0 atom stereocenters. The Kier molecular flexibility index (Phi) is 5.58. The molecule has 4 rings (SSSR count). The molecule has 0 bridgehead atoms. The molecule has 154 valence electrons. The summed E-state index contributed by atoms with van der Waals surface area (Å²) in [6.45, 7) is 0. The Hall–Kier alpha value is -3.52. The number of hydrogen-bond acceptors (Lipinski definition) is 6. The van der Waals surface area contributed by atoms with Gasteiger partial charge in [-0.3, -0.25) is 9.20 Å². The van der Waals surface area contributed by atoms with E-state index in [0.717, 1.165) is 27.7 Å². The van der Waals surface area contributed by atoms with Gasteiger partial charge in [-0.25, -0.2) is 4.98 Å². The number of carbonyl (C=O) groups is 1.